The summed E-state index contributed by atoms with van der Waals surface area (Å²) in [6.45, 7) is 6.43. The molecule has 0 saturated carbocycles. The smallest absolute Gasteiger partial charge is 0.287 e. The first kappa shape index (κ1) is 16.0. The Balaban J connectivity index is 2.35. The Bertz CT molecular complexity index is 676. The zero-order valence-electron chi connectivity index (χ0n) is 13.2. The van der Waals surface area contributed by atoms with E-state index in [9.17, 15) is 9.59 Å². The van der Waals surface area contributed by atoms with Gasteiger partial charge < -0.3 is 10.6 Å². The third-order valence-corrected chi connectivity index (χ3v) is 3.20. The van der Waals surface area contributed by atoms with Gasteiger partial charge >= 0.3 is 0 Å². The number of aromatic nitrogens is 2. The summed E-state index contributed by atoms with van der Waals surface area (Å²) < 4.78 is 1.65. The molecule has 0 aliphatic heterocycles. The molecule has 0 radical (unpaired) electrons. The van der Waals surface area contributed by atoms with Crippen LogP contribution in [0, 0.1) is 0 Å². The number of carbonyl (C=O) groups is 2. The van der Waals surface area contributed by atoms with Gasteiger partial charge in [-0.05, 0) is 32.4 Å². The van der Waals surface area contributed by atoms with E-state index in [0.717, 1.165) is 12.8 Å². The lowest BCUT2D eigenvalue weighted by molar-refractivity contribution is 0.0932. The molecule has 2 heterocycles. The highest BCUT2D eigenvalue weighted by atomic mass is 16.2. The molecule has 2 aromatic rings. The van der Waals surface area contributed by atoms with Crippen LogP contribution < -0.4 is 10.6 Å². The fraction of sp³-hybridized carbons (Fsp3) is 0.438. The monoisotopic (exact) mass is 302 g/mol. The molecule has 118 valence electrons. The van der Waals surface area contributed by atoms with Crippen molar-refractivity contribution in [2.45, 2.75) is 39.7 Å². The largest absolute Gasteiger partial charge is 0.351 e. The summed E-state index contributed by atoms with van der Waals surface area (Å²) in [6, 6.07) is 5.42. The second-order valence-corrected chi connectivity index (χ2v) is 5.48. The third kappa shape index (κ3) is 3.44. The maximum atomic E-state index is 12.3. The molecular formula is C16H22N4O2. The summed E-state index contributed by atoms with van der Waals surface area (Å²) in [6.07, 6.45) is 3.66. The highest BCUT2D eigenvalue weighted by molar-refractivity contribution is 6.02. The molecule has 2 rings (SSSR count). The van der Waals surface area contributed by atoms with Gasteiger partial charge in [0.25, 0.3) is 11.8 Å². The van der Waals surface area contributed by atoms with Crippen molar-refractivity contribution in [3.8, 4) is 0 Å². The predicted molar refractivity (Wildman–Crippen MR) is 85.0 cm³/mol. The standard InChI is InChI=1S/C16H22N4O2/c1-4-5-9-17-15(21)13-12-8-6-7-10-20(12)14(19-13)16(22)18-11(2)3/h6-8,10-11H,4-5,9H2,1-3H3,(H,17,21)(H,18,22). The van der Waals surface area contributed by atoms with Crippen LogP contribution in [-0.4, -0.2) is 33.8 Å². The van der Waals surface area contributed by atoms with E-state index in [1.807, 2.05) is 19.9 Å². The molecule has 0 unspecified atom stereocenters. The SMILES string of the molecule is CCCCNC(=O)c1nc(C(=O)NC(C)C)n2ccccc12. The first-order valence-electron chi connectivity index (χ1n) is 7.60. The Morgan fingerprint density at radius 2 is 2.05 bits per heavy atom. The van der Waals surface area contributed by atoms with Gasteiger partial charge in [-0.25, -0.2) is 4.98 Å². The molecule has 2 amide bonds. The summed E-state index contributed by atoms with van der Waals surface area (Å²) in [5.74, 6) is -0.311. The molecule has 0 atom stereocenters. The molecule has 6 nitrogen and oxygen atoms in total. The molecule has 0 saturated heterocycles. The van der Waals surface area contributed by atoms with E-state index in [2.05, 4.69) is 22.5 Å². The van der Waals surface area contributed by atoms with Gasteiger partial charge in [-0.2, -0.15) is 0 Å². The molecule has 2 N–H and O–H groups in total. The number of hydrogen-bond acceptors (Lipinski definition) is 3. The number of rotatable bonds is 6. The van der Waals surface area contributed by atoms with Crippen LogP contribution in [0.25, 0.3) is 5.52 Å². The molecule has 0 bridgehead atoms. The van der Waals surface area contributed by atoms with Gasteiger partial charge in [-0.1, -0.05) is 19.4 Å². The van der Waals surface area contributed by atoms with Gasteiger partial charge in [0.2, 0.25) is 5.82 Å². The number of imidazole rings is 1. The van der Waals surface area contributed by atoms with Gasteiger partial charge in [0, 0.05) is 18.8 Å². The molecule has 0 aliphatic rings. The molecule has 22 heavy (non-hydrogen) atoms. The number of unbranched alkanes of at least 4 members (excludes halogenated alkanes) is 1. The number of nitrogens with one attached hydrogen (secondary N) is 2. The van der Waals surface area contributed by atoms with E-state index in [1.165, 1.54) is 0 Å². The quantitative estimate of drug-likeness (QED) is 0.801. The lowest BCUT2D eigenvalue weighted by Crippen LogP contribution is -2.31. The molecule has 0 spiro atoms. The number of carbonyl (C=O) groups excluding carboxylic acids is 2. The molecule has 0 aliphatic carbocycles. The molecular weight excluding hydrogens is 280 g/mol. The number of fused-ring (bicyclic) bond motifs is 1. The Morgan fingerprint density at radius 3 is 2.73 bits per heavy atom. The number of nitrogens with zero attached hydrogens (tertiary/aromatic N) is 2. The van der Waals surface area contributed by atoms with E-state index in [1.54, 1.807) is 22.7 Å². The zero-order valence-corrected chi connectivity index (χ0v) is 13.2. The number of hydrogen-bond donors (Lipinski definition) is 2. The lowest BCUT2D eigenvalue weighted by Gasteiger charge is -2.06. The zero-order chi connectivity index (χ0) is 16.1. The fourth-order valence-corrected chi connectivity index (χ4v) is 2.15. The normalized spacial score (nSPS) is 10.9. The topological polar surface area (TPSA) is 75.5 Å². The maximum Gasteiger partial charge on any atom is 0.287 e. The van der Waals surface area contributed by atoms with Crippen LogP contribution in [0.15, 0.2) is 24.4 Å². The molecule has 0 aromatic carbocycles. The predicted octanol–water partition coefficient (Wildman–Crippen LogP) is 2.00. The summed E-state index contributed by atoms with van der Waals surface area (Å²) in [4.78, 5) is 28.8. The fourth-order valence-electron chi connectivity index (χ4n) is 2.15. The molecule has 6 heteroatoms. The second kappa shape index (κ2) is 7.06. The number of pyridine rings is 1. The first-order chi connectivity index (χ1) is 10.5. The van der Waals surface area contributed by atoms with Crippen LogP contribution in [0.1, 0.15) is 54.7 Å². The van der Waals surface area contributed by atoms with Crippen LogP contribution in [0.4, 0.5) is 0 Å². The van der Waals surface area contributed by atoms with E-state index < -0.39 is 0 Å². The summed E-state index contributed by atoms with van der Waals surface area (Å²) in [7, 11) is 0. The van der Waals surface area contributed by atoms with Crippen molar-refractivity contribution in [3.63, 3.8) is 0 Å². The van der Waals surface area contributed by atoms with Gasteiger partial charge in [-0.15, -0.1) is 0 Å². The van der Waals surface area contributed by atoms with Gasteiger partial charge in [0.15, 0.2) is 5.69 Å². The second-order valence-electron chi connectivity index (χ2n) is 5.48. The van der Waals surface area contributed by atoms with Crippen LogP contribution in [0.2, 0.25) is 0 Å². The highest BCUT2D eigenvalue weighted by Gasteiger charge is 2.21. The van der Waals surface area contributed by atoms with Crippen molar-refractivity contribution >= 4 is 17.3 Å². The van der Waals surface area contributed by atoms with Crippen LogP contribution in [-0.2, 0) is 0 Å². The minimum atomic E-state index is -0.288. The minimum absolute atomic E-state index is 0.00499. The van der Waals surface area contributed by atoms with Crippen molar-refractivity contribution < 1.29 is 9.59 Å². The van der Waals surface area contributed by atoms with Gasteiger partial charge in [0.05, 0.1) is 5.52 Å². The van der Waals surface area contributed by atoms with Crippen molar-refractivity contribution in [3.05, 3.63) is 35.9 Å². The van der Waals surface area contributed by atoms with Crippen LogP contribution >= 0.6 is 0 Å². The highest BCUT2D eigenvalue weighted by Crippen LogP contribution is 2.13. The van der Waals surface area contributed by atoms with Crippen molar-refractivity contribution in [2.24, 2.45) is 0 Å². The van der Waals surface area contributed by atoms with Crippen LogP contribution in [0.5, 0.6) is 0 Å². The van der Waals surface area contributed by atoms with Crippen molar-refractivity contribution in [1.82, 2.24) is 20.0 Å². The molecule has 0 fully saturated rings. The Morgan fingerprint density at radius 1 is 1.27 bits per heavy atom. The summed E-state index contributed by atoms with van der Waals surface area (Å²) >= 11 is 0. The van der Waals surface area contributed by atoms with E-state index in [4.69, 9.17) is 0 Å². The van der Waals surface area contributed by atoms with Crippen molar-refractivity contribution in [2.75, 3.05) is 6.54 Å². The van der Waals surface area contributed by atoms with Gasteiger partial charge in [0.1, 0.15) is 0 Å². The average Bonchev–Trinajstić information content (AvgIpc) is 2.86. The lowest BCUT2D eigenvalue weighted by atomic mass is 10.3. The Kier molecular flexibility index (Phi) is 5.14. The Hall–Kier alpha value is -2.37. The van der Waals surface area contributed by atoms with E-state index in [0.29, 0.717) is 12.1 Å². The first-order valence-corrected chi connectivity index (χ1v) is 7.60. The summed E-state index contributed by atoms with van der Waals surface area (Å²) in [5.41, 5.74) is 0.913. The maximum absolute atomic E-state index is 12.3. The third-order valence-electron chi connectivity index (χ3n) is 3.20. The van der Waals surface area contributed by atoms with Crippen molar-refractivity contribution in [1.29, 1.82) is 0 Å². The Labute approximate surface area is 129 Å². The van der Waals surface area contributed by atoms with E-state index >= 15 is 0 Å². The number of amides is 2. The minimum Gasteiger partial charge on any atom is -0.351 e. The van der Waals surface area contributed by atoms with Gasteiger partial charge in [-0.3, -0.25) is 14.0 Å². The summed E-state index contributed by atoms with van der Waals surface area (Å²) in [5, 5.41) is 5.64. The average molecular weight is 302 g/mol. The van der Waals surface area contributed by atoms with E-state index in [-0.39, 0.29) is 29.4 Å². The molecule has 2 aromatic heterocycles. The van der Waals surface area contributed by atoms with Crippen LogP contribution in [0.3, 0.4) is 0 Å².